The third-order valence-corrected chi connectivity index (χ3v) is 3.39. The lowest BCUT2D eigenvalue weighted by Crippen LogP contribution is -2.35. The predicted molar refractivity (Wildman–Crippen MR) is 62.1 cm³/mol. The molecule has 80 valence electrons. The zero-order valence-electron chi connectivity index (χ0n) is 9.58. The molecule has 1 aliphatic rings. The number of likely N-dealkylation sites (N-methyl/N-ethyl adjacent to an activating group) is 1. The van der Waals surface area contributed by atoms with Gasteiger partial charge in [-0.05, 0) is 25.0 Å². The molecule has 0 radical (unpaired) electrons. The number of hydrogen-bond acceptors (Lipinski definition) is 1. The summed E-state index contributed by atoms with van der Waals surface area (Å²) in [4.78, 5) is 14.0. The van der Waals surface area contributed by atoms with Gasteiger partial charge in [0.05, 0.1) is 5.41 Å². The summed E-state index contributed by atoms with van der Waals surface area (Å²) in [5, 5.41) is 0. The molecule has 1 atom stereocenters. The summed E-state index contributed by atoms with van der Waals surface area (Å²) in [5.41, 5.74) is 1.94. The smallest absolute Gasteiger partial charge is 0.237 e. The molecule has 1 aliphatic heterocycles. The number of anilines is 1. The molecule has 1 heterocycles. The van der Waals surface area contributed by atoms with Crippen LogP contribution in [-0.4, -0.2) is 13.0 Å². The van der Waals surface area contributed by atoms with E-state index >= 15 is 0 Å². The highest BCUT2D eigenvalue weighted by Crippen LogP contribution is 2.43. The van der Waals surface area contributed by atoms with E-state index in [0.717, 1.165) is 18.5 Å². The summed E-state index contributed by atoms with van der Waals surface area (Å²) < 4.78 is 0. The number of rotatable bonds is 2. The Balaban J connectivity index is 2.55. The molecule has 0 fully saturated rings. The third-order valence-electron chi connectivity index (χ3n) is 3.39. The summed E-state index contributed by atoms with van der Waals surface area (Å²) in [6, 6.07) is 8.10. The van der Waals surface area contributed by atoms with Crippen molar-refractivity contribution in [3.63, 3.8) is 0 Å². The number of carbonyl (C=O) groups excluding carboxylic acids is 1. The molecule has 0 spiro atoms. The Kier molecular flexibility index (Phi) is 2.29. The normalized spacial score (nSPS) is 24.5. The molecule has 0 unspecified atom stereocenters. The maximum absolute atomic E-state index is 12.2. The van der Waals surface area contributed by atoms with Gasteiger partial charge in [-0.25, -0.2) is 0 Å². The van der Waals surface area contributed by atoms with E-state index in [1.807, 2.05) is 25.2 Å². The molecule has 1 aromatic rings. The van der Waals surface area contributed by atoms with Crippen LogP contribution < -0.4 is 4.90 Å². The van der Waals surface area contributed by atoms with Crippen LogP contribution >= 0.6 is 0 Å². The number of para-hydroxylation sites is 1. The summed E-state index contributed by atoms with van der Waals surface area (Å²) in [6.07, 6.45) is 1.96. The van der Waals surface area contributed by atoms with Gasteiger partial charge in [-0.1, -0.05) is 31.5 Å². The Morgan fingerprint density at radius 1 is 1.33 bits per heavy atom. The van der Waals surface area contributed by atoms with Crippen LogP contribution in [0.3, 0.4) is 0 Å². The highest BCUT2D eigenvalue weighted by molar-refractivity contribution is 6.07. The fourth-order valence-corrected chi connectivity index (χ4v) is 2.57. The molecule has 0 aliphatic carbocycles. The first kappa shape index (κ1) is 10.2. The van der Waals surface area contributed by atoms with Crippen molar-refractivity contribution >= 4 is 11.6 Å². The number of amides is 1. The third kappa shape index (κ3) is 1.28. The summed E-state index contributed by atoms with van der Waals surface area (Å²) >= 11 is 0. The molecule has 0 saturated heterocycles. The first-order valence-corrected chi connectivity index (χ1v) is 5.49. The molecule has 2 heteroatoms. The first-order chi connectivity index (χ1) is 7.11. The lowest BCUT2D eigenvalue weighted by Gasteiger charge is -2.22. The van der Waals surface area contributed by atoms with E-state index in [-0.39, 0.29) is 11.3 Å². The average molecular weight is 203 g/mol. The Morgan fingerprint density at radius 2 is 2.00 bits per heavy atom. The second-order valence-electron chi connectivity index (χ2n) is 4.46. The number of carbonyl (C=O) groups is 1. The lowest BCUT2D eigenvalue weighted by molar-refractivity contribution is -0.122. The minimum Gasteiger partial charge on any atom is -0.314 e. The van der Waals surface area contributed by atoms with E-state index in [0.29, 0.717) is 0 Å². The van der Waals surface area contributed by atoms with Crippen LogP contribution in [0, 0.1) is 0 Å². The number of hydrogen-bond donors (Lipinski definition) is 0. The van der Waals surface area contributed by atoms with E-state index in [1.54, 1.807) is 4.90 Å². The van der Waals surface area contributed by atoms with Crippen molar-refractivity contribution in [1.29, 1.82) is 0 Å². The zero-order chi connectivity index (χ0) is 11.1. The van der Waals surface area contributed by atoms with Crippen molar-refractivity contribution in [2.24, 2.45) is 0 Å². The summed E-state index contributed by atoms with van der Waals surface area (Å²) in [6.45, 7) is 4.18. The van der Waals surface area contributed by atoms with E-state index in [1.165, 1.54) is 5.56 Å². The number of nitrogens with zero attached hydrogens (tertiary/aromatic N) is 1. The van der Waals surface area contributed by atoms with Gasteiger partial charge in [-0.2, -0.15) is 0 Å². The van der Waals surface area contributed by atoms with Crippen molar-refractivity contribution in [3.05, 3.63) is 29.8 Å². The highest BCUT2D eigenvalue weighted by atomic mass is 16.2. The fraction of sp³-hybridized carbons (Fsp3) is 0.462. The monoisotopic (exact) mass is 203 g/mol. The highest BCUT2D eigenvalue weighted by Gasteiger charge is 2.44. The fourth-order valence-electron chi connectivity index (χ4n) is 2.57. The Bertz CT molecular complexity index is 399. The Labute approximate surface area is 90.9 Å². The van der Waals surface area contributed by atoms with Gasteiger partial charge in [0.15, 0.2) is 0 Å². The molecule has 1 aromatic carbocycles. The van der Waals surface area contributed by atoms with Gasteiger partial charge in [-0.3, -0.25) is 4.79 Å². The second kappa shape index (κ2) is 3.37. The molecule has 15 heavy (non-hydrogen) atoms. The number of fused-ring (bicyclic) bond motifs is 1. The van der Waals surface area contributed by atoms with Crippen molar-refractivity contribution < 1.29 is 4.79 Å². The van der Waals surface area contributed by atoms with Crippen LogP contribution in [-0.2, 0) is 10.2 Å². The van der Waals surface area contributed by atoms with Gasteiger partial charge in [0.2, 0.25) is 5.91 Å². The summed E-state index contributed by atoms with van der Waals surface area (Å²) in [5.74, 6) is 0.227. The molecule has 0 N–H and O–H groups in total. The van der Waals surface area contributed by atoms with E-state index in [9.17, 15) is 4.79 Å². The quantitative estimate of drug-likeness (QED) is 0.723. The minimum absolute atomic E-state index is 0.227. The van der Waals surface area contributed by atoms with Crippen molar-refractivity contribution in [1.82, 2.24) is 0 Å². The largest absolute Gasteiger partial charge is 0.314 e. The van der Waals surface area contributed by atoms with Gasteiger partial charge >= 0.3 is 0 Å². The Hall–Kier alpha value is -1.31. The van der Waals surface area contributed by atoms with E-state index in [2.05, 4.69) is 19.9 Å². The van der Waals surface area contributed by atoms with Gasteiger partial charge in [-0.15, -0.1) is 0 Å². The molecular formula is C13H17NO. The number of benzene rings is 1. The van der Waals surface area contributed by atoms with Gasteiger partial charge in [0.25, 0.3) is 0 Å². The molecule has 2 rings (SSSR count). The van der Waals surface area contributed by atoms with Crippen LogP contribution in [0.5, 0.6) is 0 Å². The molecule has 1 amide bonds. The van der Waals surface area contributed by atoms with E-state index < -0.39 is 0 Å². The topological polar surface area (TPSA) is 20.3 Å². The average Bonchev–Trinajstić information content (AvgIpc) is 2.43. The van der Waals surface area contributed by atoms with Crippen molar-refractivity contribution in [3.8, 4) is 0 Å². The van der Waals surface area contributed by atoms with Gasteiger partial charge < -0.3 is 4.90 Å². The van der Waals surface area contributed by atoms with Gasteiger partial charge in [0, 0.05) is 12.7 Å². The molecule has 0 aromatic heterocycles. The van der Waals surface area contributed by atoms with E-state index in [4.69, 9.17) is 0 Å². The standard InChI is InChI=1S/C13H17NO/c1-4-9-13(2)10-7-5-6-8-11(10)14(3)12(13)15/h5-8H,4,9H2,1-3H3/t13-/m0/s1. The van der Waals surface area contributed by atoms with Crippen molar-refractivity contribution in [2.75, 3.05) is 11.9 Å². The zero-order valence-corrected chi connectivity index (χ0v) is 9.58. The second-order valence-corrected chi connectivity index (χ2v) is 4.46. The van der Waals surface area contributed by atoms with Crippen LogP contribution in [0.15, 0.2) is 24.3 Å². The van der Waals surface area contributed by atoms with Crippen molar-refractivity contribution in [2.45, 2.75) is 32.1 Å². The first-order valence-electron chi connectivity index (χ1n) is 5.49. The molecule has 0 bridgehead atoms. The lowest BCUT2D eigenvalue weighted by atomic mass is 9.80. The SMILES string of the molecule is CCC[C@]1(C)C(=O)N(C)c2ccccc21. The van der Waals surface area contributed by atoms with Crippen LogP contribution in [0.4, 0.5) is 5.69 Å². The Morgan fingerprint density at radius 3 is 2.67 bits per heavy atom. The maximum Gasteiger partial charge on any atom is 0.237 e. The summed E-state index contributed by atoms with van der Waals surface area (Å²) in [7, 11) is 1.86. The molecule has 0 saturated carbocycles. The minimum atomic E-state index is -0.305. The predicted octanol–water partition coefficient (Wildman–Crippen LogP) is 2.72. The maximum atomic E-state index is 12.2. The van der Waals surface area contributed by atoms with Crippen LogP contribution in [0.1, 0.15) is 32.3 Å². The van der Waals surface area contributed by atoms with Gasteiger partial charge in [0.1, 0.15) is 0 Å². The molecule has 2 nitrogen and oxygen atoms in total. The van der Waals surface area contributed by atoms with Crippen LogP contribution in [0.25, 0.3) is 0 Å². The molecular weight excluding hydrogens is 186 g/mol. The van der Waals surface area contributed by atoms with Crippen LogP contribution in [0.2, 0.25) is 0 Å².